The standard InChI is InChI=1S/C13H20N2O2S.ClH/c1-17-10-13(3-5-14-6-4-13)9-15-12(16)11-2-7-18-8-11;/h2,7-8,14H,3-6,9-10H2,1H3,(H,15,16);1H. The maximum atomic E-state index is 11.9. The zero-order valence-electron chi connectivity index (χ0n) is 11.1. The van der Waals surface area contributed by atoms with E-state index in [2.05, 4.69) is 10.6 Å². The van der Waals surface area contributed by atoms with Crippen LogP contribution in [0.25, 0.3) is 0 Å². The summed E-state index contributed by atoms with van der Waals surface area (Å²) in [5.41, 5.74) is 0.840. The van der Waals surface area contributed by atoms with Crippen molar-refractivity contribution < 1.29 is 9.53 Å². The molecule has 0 atom stereocenters. The minimum Gasteiger partial charge on any atom is -0.384 e. The summed E-state index contributed by atoms with van der Waals surface area (Å²) in [5.74, 6) is 0.0188. The van der Waals surface area contributed by atoms with Gasteiger partial charge >= 0.3 is 0 Å². The van der Waals surface area contributed by atoms with Crippen LogP contribution in [0.15, 0.2) is 16.8 Å². The van der Waals surface area contributed by atoms with E-state index in [9.17, 15) is 4.79 Å². The van der Waals surface area contributed by atoms with Crippen LogP contribution in [0.3, 0.4) is 0 Å². The van der Waals surface area contributed by atoms with Crippen LogP contribution in [0.1, 0.15) is 23.2 Å². The fourth-order valence-electron chi connectivity index (χ4n) is 2.40. The molecule has 1 fully saturated rings. The summed E-state index contributed by atoms with van der Waals surface area (Å²) in [6.45, 7) is 3.39. The lowest BCUT2D eigenvalue weighted by Gasteiger charge is -2.37. The third-order valence-corrected chi connectivity index (χ3v) is 4.21. The SMILES string of the molecule is COCC1(CNC(=O)c2ccsc2)CCNCC1.Cl. The van der Waals surface area contributed by atoms with Gasteiger partial charge < -0.3 is 15.4 Å². The Balaban J connectivity index is 0.00000180. The molecule has 4 nitrogen and oxygen atoms in total. The van der Waals surface area contributed by atoms with Gasteiger partial charge in [0.25, 0.3) is 5.91 Å². The second-order valence-corrected chi connectivity index (χ2v) is 5.66. The fourth-order valence-corrected chi connectivity index (χ4v) is 3.03. The van der Waals surface area contributed by atoms with Gasteiger partial charge in [-0.25, -0.2) is 0 Å². The molecule has 0 saturated carbocycles. The molecule has 108 valence electrons. The monoisotopic (exact) mass is 304 g/mol. The Labute approximate surface area is 124 Å². The number of amides is 1. The zero-order chi connectivity index (χ0) is 12.8. The van der Waals surface area contributed by atoms with Crippen LogP contribution in [-0.2, 0) is 4.74 Å². The maximum absolute atomic E-state index is 11.9. The number of halogens is 1. The van der Waals surface area contributed by atoms with Gasteiger partial charge in [-0.1, -0.05) is 0 Å². The van der Waals surface area contributed by atoms with Gasteiger partial charge in [0.2, 0.25) is 0 Å². The average Bonchev–Trinajstić information content (AvgIpc) is 2.91. The number of methoxy groups -OCH3 is 1. The summed E-state index contributed by atoms with van der Waals surface area (Å²) >= 11 is 1.54. The molecule has 1 aliphatic heterocycles. The molecule has 1 aromatic rings. The summed E-state index contributed by atoms with van der Waals surface area (Å²) in [6.07, 6.45) is 2.09. The molecule has 2 N–H and O–H groups in total. The van der Waals surface area contributed by atoms with E-state index in [4.69, 9.17) is 4.74 Å². The molecule has 0 radical (unpaired) electrons. The van der Waals surface area contributed by atoms with E-state index in [0.29, 0.717) is 13.2 Å². The first-order valence-electron chi connectivity index (χ1n) is 6.26. The van der Waals surface area contributed by atoms with Crippen molar-refractivity contribution in [3.63, 3.8) is 0 Å². The summed E-state index contributed by atoms with van der Waals surface area (Å²) < 4.78 is 5.33. The van der Waals surface area contributed by atoms with Crippen molar-refractivity contribution in [3.05, 3.63) is 22.4 Å². The van der Waals surface area contributed by atoms with Crippen LogP contribution in [0, 0.1) is 5.41 Å². The van der Waals surface area contributed by atoms with Gasteiger partial charge in [0.05, 0.1) is 6.61 Å². The molecular weight excluding hydrogens is 284 g/mol. The van der Waals surface area contributed by atoms with Crippen molar-refractivity contribution in [2.45, 2.75) is 12.8 Å². The Morgan fingerprint density at radius 1 is 1.53 bits per heavy atom. The first-order valence-corrected chi connectivity index (χ1v) is 7.20. The molecule has 1 amide bonds. The molecule has 1 saturated heterocycles. The topological polar surface area (TPSA) is 50.4 Å². The molecule has 0 spiro atoms. The van der Waals surface area contributed by atoms with E-state index in [-0.39, 0.29) is 23.7 Å². The third kappa shape index (κ3) is 4.45. The number of ether oxygens (including phenoxy) is 1. The van der Waals surface area contributed by atoms with Gasteiger partial charge in [-0.15, -0.1) is 12.4 Å². The van der Waals surface area contributed by atoms with E-state index in [1.807, 2.05) is 16.8 Å². The highest BCUT2D eigenvalue weighted by molar-refractivity contribution is 7.08. The van der Waals surface area contributed by atoms with Gasteiger partial charge in [-0.3, -0.25) is 4.79 Å². The van der Waals surface area contributed by atoms with Crippen LogP contribution in [0.5, 0.6) is 0 Å². The number of carbonyl (C=O) groups excluding carboxylic acids is 1. The highest BCUT2D eigenvalue weighted by atomic mass is 35.5. The van der Waals surface area contributed by atoms with Crippen molar-refractivity contribution in [1.82, 2.24) is 10.6 Å². The van der Waals surface area contributed by atoms with Crippen LogP contribution in [0.2, 0.25) is 0 Å². The number of nitrogens with one attached hydrogen (secondary N) is 2. The maximum Gasteiger partial charge on any atom is 0.252 e. The predicted octanol–water partition coefficient (Wildman–Crippen LogP) is 1.92. The van der Waals surface area contributed by atoms with E-state index < -0.39 is 0 Å². The Hall–Kier alpha value is -0.620. The van der Waals surface area contributed by atoms with Crippen LogP contribution >= 0.6 is 23.7 Å². The van der Waals surface area contributed by atoms with Crippen molar-refractivity contribution in [2.24, 2.45) is 5.41 Å². The van der Waals surface area contributed by atoms with Crippen LogP contribution in [-0.4, -0.2) is 39.3 Å². The molecule has 1 aromatic heterocycles. The van der Waals surface area contributed by atoms with Crippen molar-refractivity contribution in [3.8, 4) is 0 Å². The lowest BCUT2D eigenvalue weighted by molar-refractivity contribution is 0.0512. The van der Waals surface area contributed by atoms with Gasteiger partial charge in [-0.05, 0) is 37.4 Å². The minimum atomic E-state index is 0. The molecule has 0 aromatic carbocycles. The summed E-state index contributed by atoms with van der Waals surface area (Å²) in [5, 5.41) is 10.2. The number of carbonyl (C=O) groups is 1. The summed E-state index contributed by atoms with van der Waals surface area (Å²) in [7, 11) is 1.73. The lowest BCUT2D eigenvalue weighted by atomic mass is 9.79. The second-order valence-electron chi connectivity index (χ2n) is 4.88. The minimum absolute atomic E-state index is 0. The van der Waals surface area contributed by atoms with Gasteiger partial charge in [-0.2, -0.15) is 11.3 Å². The molecule has 19 heavy (non-hydrogen) atoms. The van der Waals surface area contributed by atoms with Crippen LogP contribution in [0.4, 0.5) is 0 Å². The van der Waals surface area contributed by atoms with Crippen LogP contribution < -0.4 is 10.6 Å². The van der Waals surface area contributed by atoms with Gasteiger partial charge in [0, 0.05) is 30.0 Å². The largest absolute Gasteiger partial charge is 0.384 e. The quantitative estimate of drug-likeness (QED) is 0.874. The summed E-state index contributed by atoms with van der Waals surface area (Å²) in [6, 6.07) is 1.85. The van der Waals surface area contributed by atoms with Crippen molar-refractivity contribution >= 4 is 29.7 Å². The molecule has 0 aliphatic carbocycles. The molecule has 1 aliphatic rings. The Bertz CT molecular complexity index is 372. The lowest BCUT2D eigenvalue weighted by Crippen LogP contribution is -2.47. The van der Waals surface area contributed by atoms with Gasteiger partial charge in [0.1, 0.15) is 0 Å². The molecule has 6 heteroatoms. The Morgan fingerprint density at radius 3 is 2.84 bits per heavy atom. The van der Waals surface area contributed by atoms with E-state index in [1.165, 1.54) is 0 Å². The number of rotatable bonds is 5. The van der Waals surface area contributed by atoms with E-state index in [0.717, 1.165) is 31.5 Å². The number of hydrogen-bond acceptors (Lipinski definition) is 4. The van der Waals surface area contributed by atoms with Gasteiger partial charge in [0.15, 0.2) is 0 Å². The molecular formula is C13H21ClN2O2S. The van der Waals surface area contributed by atoms with E-state index in [1.54, 1.807) is 18.4 Å². The third-order valence-electron chi connectivity index (χ3n) is 3.52. The average molecular weight is 305 g/mol. The normalized spacial score (nSPS) is 17.5. The predicted molar refractivity (Wildman–Crippen MR) is 80.3 cm³/mol. The molecule has 0 unspecified atom stereocenters. The number of hydrogen-bond donors (Lipinski definition) is 2. The Morgan fingerprint density at radius 2 is 2.26 bits per heavy atom. The number of piperidine rings is 1. The van der Waals surface area contributed by atoms with Crippen molar-refractivity contribution in [2.75, 3.05) is 33.4 Å². The zero-order valence-corrected chi connectivity index (χ0v) is 12.7. The fraction of sp³-hybridized carbons (Fsp3) is 0.615. The summed E-state index contributed by atoms with van der Waals surface area (Å²) in [4.78, 5) is 11.9. The van der Waals surface area contributed by atoms with Crippen molar-refractivity contribution in [1.29, 1.82) is 0 Å². The van der Waals surface area contributed by atoms with E-state index >= 15 is 0 Å². The second kappa shape index (κ2) is 7.85. The molecule has 2 rings (SSSR count). The Kier molecular flexibility index (Phi) is 6.79. The highest BCUT2D eigenvalue weighted by Crippen LogP contribution is 2.28. The molecule has 2 heterocycles. The molecule has 0 bridgehead atoms. The highest BCUT2D eigenvalue weighted by Gasteiger charge is 2.32. The first-order chi connectivity index (χ1) is 8.76. The number of thiophene rings is 1. The first kappa shape index (κ1) is 16.4. The smallest absolute Gasteiger partial charge is 0.252 e.